The average molecular weight is 398 g/mol. The lowest BCUT2D eigenvalue weighted by molar-refractivity contribution is 0.0931. The van der Waals surface area contributed by atoms with Crippen LogP contribution in [0.5, 0.6) is 5.75 Å². The number of nitrogens with one attached hydrogen (secondary N) is 2. The zero-order valence-corrected chi connectivity index (χ0v) is 17.1. The van der Waals surface area contributed by atoms with Gasteiger partial charge in [-0.05, 0) is 69.1 Å². The molecule has 2 fully saturated rings. The molecule has 1 amide bonds. The van der Waals surface area contributed by atoms with Crippen molar-refractivity contribution >= 4 is 5.91 Å². The lowest BCUT2D eigenvalue weighted by Gasteiger charge is -2.28. The quantitative estimate of drug-likeness (QED) is 0.751. The molecule has 0 saturated carbocycles. The first-order valence-electron chi connectivity index (χ1n) is 10.7. The second kappa shape index (κ2) is 9.41. The minimum atomic E-state index is -0.106. The molecule has 2 saturated heterocycles. The Balaban J connectivity index is 1.41. The maximum Gasteiger partial charge on any atom is 0.271 e. The number of nitrogens with zero attached hydrogens (tertiary/aromatic N) is 3. The highest BCUT2D eigenvalue weighted by Crippen LogP contribution is 2.26. The van der Waals surface area contributed by atoms with E-state index in [1.165, 1.54) is 18.4 Å². The number of hydrogen-bond acceptors (Lipinski definition) is 5. The summed E-state index contributed by atoms with van der Waals surface area (Å²) < 4.78 is 7.22. The summed E-state index contributed by atoms with van der Waals surface area (Å²) in [4.78, 5) is 15.2. The number of hydrogen-bond donors (Lipinski definition) is 2. The fourth-order valence-electron chi connectivity index (χ4n) is 4.34. The van der Waals surface area contributed by atoms with E-state index in [2.05, 4.69) is 32.8 Å². The number of methoxy groups -OCH3 is 1. The standard InChI is InChI=1S/C22H31N5O2/c1-29-19-8-6-17(7-9-19)21(26-12-2-3-13-26)16-24-22(28)20-10-14-27(25-20)18-5-4-11-23-15-18/h6-10,14,18,21,23H,2-5,11-13,15-16H2,1H3,(H,24,28). The smallest absolute Gasteiger partial charge is 0.271 e. The van der Waals surface area contributed by atoms with Crippen LogP contribution in [0.2, 0.25) is 0 Å². The molecule has 1 aromatic heterocycles. The fourth-order valence-corrected chi connectivity index (χ4v) is 4.34. The van der Waals surface area contributed by atoms with Gasteiger partial charge in [0.05, 0.1) is 19.2 Å². The van der Waals surface area contributed by atoms with Crippen molar-refractivity contribution in [3.63, 3.8) is 0 Å². The predicted octanol–water partition coefficient (Wildman–Crippen LogP) is 2.38. The van der Waals surface area contributed by atoms with Crippen molar-refractivity contribution < 1.29 is 9.53 Å². The van der Waals surface area contributed by atoms with Crippen LogP contribution in [0.15, 0.2) is 36.5 Å². The van der Waals surface area contributed by atoms with Crippen LogP contribution in [-0.4, -0.2) is 60.4 Å². The Bertz CT molecular complexity index is 792. The van der Waals surface area contributed by atoms with Gasteiger partial charge in [0.15, 0.2) is 0 Å². The Labute approximate surface area is 172 Å². The zero-order valence-electron chi connectivity index (χ0n) is 17.1. The third-order valence-corrected chi connectivity index (χ3v) is 6.02. The highest BCUT2D eigenvalue weighted by Gasteiger charge is 2.25. The van der Waals surface area contributed by atoms with Crippen molar-refractivity contribution in [3.05, 3.63) is 47.8 Å². The van der Waals surface area contributed by atoms with Crippen molar-refractivity contribution in [2.45, 2.75) is 37.8 Å². The second-order valence-corrected chi connectivity index (χ2v) is 7.92. The van der Waals surface area contributed by atoms with Crippen LogP contribution in [-0.2, 0) is 0 Å². The van der Waals surface area contributed by atoms with Gasteiger partial charge < -0.3 is 15.4 Å². The van der Waals surface area contributed by atoms with Crippen LogP contribution in [0, 0.1) is 0 Å². The highest BCUT2D eigenvalue weighted by atomic mass is 16.5. The van der Waals surface area contributed by atoms with Crippen LogP contribution in [0.3, 0.4) is 0 Å². The largest absolute Gasteiger partial charge is 0.497 e. The molecule has 2 atom stereocenters. The Hall–Kier alpha value is -2.38. The molecule has 29 heavy (non-hydrogen) atoms. The summed E-state index contributed by atoms with van der Waals surface area (Å²) in [6.45, 7) is 4.68. The molecule has 4 rings (SSSR count). The van der Waals surface area contributed by atoms with Crippen molar-refractivity contribution in [2.75, 3.05) is 39.8 Å². The van der Waals surface area contributed by atoms with E-state index in [1.807, 2.05) is 29.1 Å². The average Bonchev–Trinajstić information content (AvgIpc) is 3.47. The molecule has 0 spiro atoms. The van der Waals surface area contributed by atoms with E-state index >= 15 is 0 Å². The SMILES string of the molecule is COc1ccc(C(CNC(=O)c2ccn(C3CCCNC3)n2)N2CCCC2)cc1. The topological polar surface area (TPSA) is 71.4 Å². The second-order valence-electron chi connectivity index (χ2n) is 7.92. The first-order chi connectivity index (χ1) is 14.2. The van der Waals surface area contributed by atoms with Gasteiger partial charge in [-0.3, -0.25) is 14.4 Å². The van der Waals surface area contributed by atoms with E-state index in [9.17, 15) is 4.79 Å². The summed E-state index contributed by atoms with van der Waals surface area (Å²) in [7, 11) is 1.68. The summed E-state index contributed by atoms with van der Waals surface area (Å²) in [5.41, 5.74) is 1.69. The number of piperidine rings is 1. The minimum absolute atomic E-state index is 0.106. The third-order valence-electron chi connectivity index (χ3n) is 6.02. The number of benzene rings is 1. The number of carbonyl (C=O) groups excluding carboxylic acids is 1. The number of rotatable bonds is 7. The van der Waals surface area contributed by atoms with E-state index < -0.39 is 0 Å². The monoisotopic (exact) mass is 397 g/mol. The summed E-state index contributed by atoms with van der Waals surface area (Å²) in [6.07, 6.45) is 6.59. The molecule has 0 aliphatic carbocycles. The normalized spacial score (nSPS) is 21.1. The van der Waals surface area contributed by atoms with Crippen molar-refractivity contribution in [1.82, 2.24) is 25.3 Å². The Kier molecular flexibility index (Phi) is 6.46. The molecule has 2 unspecified atom stereocenters. The van der Waals surface area contributed by atoms with Gasteiger partial charge in [0.1, 0.15) is 11.4 Å². The molecule has 0 radical (unpaired) electrons. The first-order valence-corrected chi connectivity index (χ1v) is 10.7. The Morgan fingerprint density at radius 1 is 1.24 bits per heavy atom. The summed E-state index contributed by atoms with van der Waals surface area (Å²) in [6, 6.07) is 10.5. The van der Waals surface area contributed by atoms with Gasteiger partial charge in [-0.15, -0.1) is 0 Å². The van der Waals surface area contributed by atoms with Gasteiger partial charge in [0.2, 0.25) is 0 Å². The van der Waals surface area contributed by atoms with Crippen molar-refractivity contribution in [1.29, 1.82) is 0 Å². The lowest BCUT2D eigenvalue weighted by atomic mass is 10.1. The number of ether oxygens (including phenoxy) is 1. The third kappa shape index (κ3) is 4.79. The van der Waals surface area contributed by atoms with Gasteiger partial charge in [0.25, 0.3) is 5.91 Å². The molecule has 2 aliphatic heterocycles. The molecule has 0 bridgehead atoms. The minimum Gasteiger partial charge on any atom is -0.497 e. The molecule has 1 aromatic carbocycles. The fraction of sp³-hybridized carbons (Fsp3) is 0.545. The van der Waals surface area contributed by atoms with E-state index in [0.29, 0.717) is 18.3 Å². The molecule has 2 aliphatic rings. The van der Waals surface area contributed by atoms with Crippen LogP contribution in [0.1, 0.15) is 53.8 Å². The maximum atomic E-state index is 12.8. The van der Waals surface area contributed by atoms with E-state index in [-0.39, 0.29) is 11.9 Å². The predicted molar refractivity (Wildman–Crippen MR) is 112 cm³/mol. The van der Waals surface area contributed by atoms with Crippen molar-refractivity contribution in [2.24, 2.45) is 0 Å². The van der Waals surface area contributed by atoms with Gasteiger partial charge in [0, 0.05) is 19.3 Å². The summed E-state index contributed by atoms with van der Waals surface area (Å²) in [5.74, 6) is 0.742. The van der Waals surface area contributed by atoms with E-state index in [4.69, 9.17) is 4.74 Å². The zero-order chi connectivity index (χ0) is 20.1. The van der Waals surface area contributed by atoms with Crippen LogP contribution < -0.4 is 15.4 Å². The number of aromatic nitrogens is 2. The van der Waals surface area contributed by atoms with E-state index in [1.54, 1.807) is 7.11 Å². The van der Waals surface area contributed by atoms with E-state index in [0.717, 1.165) is 44.8 Å². The summed E-state index contributed by atoms with van der Waals surface area (Å²) in [5, 5.41) is 11.0. The van der Waals surface area contributed by atoms with Crippen LogP contribution in [0.25, 0.3) is 0 Å². The van der Waals surface area contributed by atoms with Gasteiger partial charge >= 0.3 is 0 Å². The number of likely N-dealkylation sites (tertiary alicyclic amines) is 1. The molecular formula is C22H31N5O2. The van der Waals surface area contributed by atoms with Gasteiger partial charge in [-0.25, -0.2) is 0 Å². The number of amides is 1. The maximum absolute atomic E-state index is 12.8. The van der Waals surface area contributed by atoms with Crippen molar-refractivity contribution in [3.8, 4) is 5.75 Å². The molecule has 3 heterocycles. The van der Waals surface area contributed by atoms with Crippen LogP contribution >= 0.6 is 0 Å². The highest BCUT2D eigenvalue weighted by molar-refractivity contribution is 5.92. The summed E-state index contributed by atoms with van der Waals surface area (Å²) >= 11 is 0. The molecule has 156 valence electrons. The molecular weight excluding hydrogens is 366 g/mol. The lowest BCUT2D eigenvalue weighted by Crippen LogP contribution is -2.37. The van der Waals surface area contributed by atoms with Crippen LogP contribution in [0.4, 0.5) is 0 Å². The van der Waals surface area contributed by atoms with Gasteiger partial charge in [-0.2, -0.15) is 5.10 Å². The molecule has 2 N–H and O–H groups in total. The van der Waals surface area contributed by atoms with Gasteiger partial charge in [-0.1, -0.05) is 12.1 Å². The Morgan fingerprint density at radius 3 is 2.72 bits per heavy atom. The molecule has 2 aromatic rings. The number of carbonyl (C=O) groups is 1. The molecule has 7 heteroatoms. The molecule has 7 nitrogen and oxygen atoms in total. The Morgan fingerprint density at radius 2 is 2.03 bits per heavy atom. The first kappa shape index (κ1) is 19.9.